The third-order valence-electron chi connectivity index (χ3n) is 3.05. The van der Waals surface area contributed by atoms with Gasteiger partial charge in [0.2, 0.25) is 5.91 Å². The van der Waals surface area contributed by atoms with Crippen molar-refractivity contribution in [2.24, 2.45) is 0 Å². The molecule has 0 spiro atoms. The molecular weight excluding hydrogens is 206 g/mol. The van der Waals surface area contributed by atoms with Crippen molar-refractivity contribution in [1.29, 1.82) is 0 Å². The molecule has 0 aromatic carbocycles. The van der Waals surface area contributed by atoms with Crippen molar-refractivity contribution < 1.29 is 14.6 Å². The van der Waals surface area contributed by atoms with Crippen LogP contribution in [0.3, 0.4) is 0 Å². The van der Waals surface area contributed by atoms with Crippen LogP contribution in [-0.4, -0.2) is 36.4 Å². The molecule has 0 aromatic heterocycles. The van der Waals surface area contributed by atoms with Crippen molar-refractivity contribution in [2.75, 3.05) is 19.8 Å². The molecule has 0 atom stereocenters. The Hall–Kier alpha value is -0.610. The van der Waals surface area contributed by atoms with E-state index in [0.717, 1.165) is 25.7 Å². The zero-order valence-corrected chi connectivity index (χ0v) is 10.1. The van der Waals surface area contributed by atoms with Crippen LogP contribution in [0, 0.1) is 0 Å². The van der Waals surface area contributed by atoms with Crippen molar-refractivity contribution in [3.63, 3.8) is 0 Å². The first kappa shape index (κ1) is 13.5. The summed E-state index contributed by atoms with van der Waals surface area (Å²) >= 11 is 0. The van der Waals surface area contributed by atoms with Gasteiger partial charge in [-0.25, -0.2) is 0 Å². The molecule has 1 saturated carbocycles. The lowest BCUT2D eigenvalue weighted by Crippen LogP contribution is -2.39. The van der Waals surface area contributed by atoms with Gasteiger partial charge in [0.25, 0.3) is 0 Å². The first-order valence-electron chi connectivity index (χ1n) is 6.23. The van der Waals surface area contributed by atoms with E-state index in [1.807, 2.05) is 6.92 Å². The Labute approximate surface area is 97.4 Å². The predicted molar refractivity (Wildman–Crippen MR) is 62.2 cm³/mol. The minimum Gasteiger partial charge on any atom is -0.389 e. The highest BCUT2D eigenvalue weighted by molar-refractivity contribution is 5.77. The summed E-state index contributed by atoms with van der Waals surface area (Å²) in [5, 5.41) is 12.9. The summed E-state index contributed by atoms with van der Waals surface area (Å²) in [6.45, 7) is 3.66. The van der Waals surface area contributed by atoms with E-state index in [2.05, 4.69) is 5.32 Å². The standard InChI is InChI=1S/C12H23NO3/c1-2-16-9-8-13-11(14)10-12(15)6-4-3-5-7-12/h15H,2-10H2,1H3,(H,13,14). The maximum Gasteiger partial charge on any atom is 0.222 e. The van der Waals surface area contributed by atoms with Crippen LogP contribution in [0.25, 0.3) is 0 Å². The highest BCUT2D eigenvalue weighted by atomic mass is 16.5. The largest absolute Gasteiger partial charge is 0.389 e. The quantitative estimate of drug-likeness (QED) is 0.673. The summed E-state index contributed by atoms with van der Waals surface area (Å²) in [6.07, 6.45) is 4.98. The summed E-state index contributed by atoms with van der Waals surface area (Å²) in [6, 6.07) is 0. The maximum atomic E-state index is 11.6. The normalized spacial score (nSPS) is 19.4. The van der Waals surface area contributed by atoms with Crippen molar-refractivity contribution in [3.8, 4) is 0 Å². The topological polar surface area (TPSA) is 58.6 Å². The second kappa shape index (κ2) is 6.86. The molecule has 1 amide bonds. The minimum atomic E-state index is -0.756. The summed E-state index contributed by atoms with van der Waals surface area (Å²) in [5.74, 6) is -0.0656. The molecule has 1 aliphatic carbocycles. The third-order valence-corrected chi connectivity index (χ3v) is 3.05. The molecule has 2 N–H and O–H groups in total. The van der Waals surface area contributed by atoms with Gasteiger partial charge in [-0.2, -0.15) is 0 Å². The molecule has 1 rings (SSSR count). The number of hydrogen-bond donors (Lipinski definition) is 2. The van der Waals surface area contributed by atoms with Crippen molar-refractivity contribution >= 4 is 5.91 Å². The highest BCUT2D eigenvalue weighted by Gasteiger charge is 2.31. The Morgan fingerprint density at radius 2 is 2.06 bits per heavy atom. The molecule has 94 valence electrons. The van der Waals surface area contributed by atoms with Crippen LogP contribution >= 0.6 is 0 Å². The van der Waals surface area contributed by atoms with E-state index in [-0.39, 0.29) is 12.3 Å². The fourth-order valence-corrected chi connectivity index (χ4v) is 2.15. The number of aliphatic hydroxyl groups is 1. The number of carbonyl (C=O) groups excluding carboxylic acids is 1. The Kier molecular flexibility index (Phi) is 5.77. The van der Waals surface area contributed by atoms with Gasteiger partial charge >= 0.3 is 0 Å². The maximum absolute atomic E-state index is 11.6. The number of carbonyl (C=O) groups is 1. The minimum absolute atomic E-state index is 0.0656. The van der Waals surface area contributed by atoms with Gasteiger partial charge < -0.3 is 15.2 Å². The van der Waals surface area contributed by atoms with Crippen molar-refractivity contribution in [2.45, 2.75) is 51.0 Å². The van der Waals surface area contributed by atoms with E-state index in [1.54, 1.807) is 0 Å². The number of amides is 1. The Bertz CT molecular complexity index is 212. The monoisotopic (exact) mass is 229 g/mol. The fraction of sp³-hybridized carbons (Fsp3) is 0.917. The number of nitrogens with one attached hydrogen (secondary N) is 1. The van der Waals surface area contributed by atoms with E-state index in [1.165, 1.54) is 6.42 Å². The Balaban J connectivity index is 2.17. The molecule has 0 heterocycles. The number of ether oxygens (including phenoxy) is 1. The molecule has 0 bridgehead atoms. The molecule has 0 unspecified atom stereocenters. The fourth-order valence-electron chi connectivity index (χ4n) is 2.15. The second-order valence-corrected chi connectivity index (χ2v) is 4.51. The van der Waals surface area contributed by atoms with Gasteiger partial charge in [-0.1, -0.05) is 19.3 Å². The lowest BCUT2D eigenvalue weighted by atomic mass is 9.82. The Morgan fingerprint density at radius 3 is 2.69 bits per heavy atom. The van der Waals surface area contributed by atoms with Crippen LogP contribution in [0.1, 0.15) is 45.4 Å². The van der Waals surface area contributed by atoms with Crippen LogP contribution in [-0.2, 0) is 9.53 Å². The van der Waals surface area contributed by atoms with E-state index >= 15 is 0 Å². The average molecular weight is 229 g/mol. The molecule has 0 radical (unpaired) electrons. The molecule has 1 aliphatic rings. The highest BCUT2D eigenvalue weighted by Crippen LogP contribution is 2.30. The van der Waals surface area contributed by atoms with Crippen LogP contribution in [0.4, 0.5) is 0 Å². The van der Waals surface area contributed by atoms with E-state index < -0.39 is 5.60 Å². The smallest absolute Gasteiger partial charge is 0.222 e. The Morgan fingerprint density at radius 1 is 1.38 bits per heavy atom. The van der Waals surface area contributed by atoms with Gasteiger partial charge in [-0.3, -0.25) is 4.79 Å². The van der Waals surface area contributed by atoms with E-state index in [0.29, 0.717) is 19.8 Å². The van der Waals surface area contributed by atoms with Gasteiger partial charge in [0, 0.05) is 13.2 Å². The molecule has 0 aromatic rings. The molecule has 0 saturated heterocycles. The summed E-state index contributed by atoms with van der Waals surface area (Å²) in [4.78, 5) is 11.6. The van der Waals surface area contributed by atoms with E-state index in [9.17, 15) is 9.90 Å². The average Bonchev–Trinajstić information content (AvgIpc) is 2.25. The van der Waals surface area contributed by atoms with Gasteiger partial charge in [0.15, 0.2) is 0 Å². The number of hydrogen-bond acceptors (Lipinski definition) is 3. The molecule has 1 fully saturated rings. The summed E-state index contributed by atoms with van der Waals surface area (Å²) < 4.78 is 5.12. The summed E-state index contributed by atoms with van der Waals surface area (Å²) in [5.41, 5.74) is -0.756. The first-order valence-corrected chi connectivity index (χ1v) is 6.23. The lowest BCUT2D eigenvalue weighted by Gasteiger charge is -2.31. The van der Waals surface area contributed by atoms with Crippen LogP contribution < -0.4 is 5.32 Å². The van der Waals surface area contributed by atoms with Crippen molar-refractivity contribution in [3.05, 3.63) is 0 Å². The lowest BCUT2D eigenvalue weighted by molar-refractivity contribution is -0.127. The van der Waals surface area contributed by atoms with E-state index in [4.69, 9.17) is 4.74 Å². The van der Waals surface area contributed by atoms with Gasteiger partial charge in [-0.15, -0.1) is 0 Å². The molecule has 16 heavy (non-hydrogen) atoms. The first-order chi connectivity index (χ1) is 7.66. The molecule has 4 nitrogen and oxygen atoms in total. The SMILES string of the molecule is CCOCCNC(=O)CC1(O)CCCCC1. The number of rotatable bonds is 6. The van der Waals surface area contributed by atoms with Gasteiger partial charge in [0.1, 0.15) is 0 Å². The van der Waals surface area contributed by atoms with Crippen LogP contribution in [0.15, 0.2) is 0 Å². The van der Waals surface area contributed by atoms with Gasteiger partial charge in [-0.05, 0) is 19.8 Å². The zero-order chi connectivity index (χ0) is 11.9. The predicted octanol–water partition coefficient (Wildman–Crippen LogP) is 1.22. The van der Waals surface area contributed by atoms with Crippen LogP contribution in [0.5, 0.6) is 0 Å². The van der Waals surface area contributed by atoms with Crippen molar-refractivity contribution in [1.82, 2.24) is 5.32 Å². The van der Waals surface area contributed by atoms with Crippen LogP contribution in [0.2, 0.25) is 0 Å². The van der Waals surface area contributed by atoms with Gasteiger partial charge in [0.05, 0.1) is 18.6 Å². The molecule has 4 heteroatoms. The second-order valence-electron chi connectivity index (χ2n) is 4.51. The summed E-state index contributed by atoms with van der Waals surface area (Å²) in [7, 11) is 0. The third kappa shape index (κ3) is 4.94. The zero-order valence-electron chi connectivity index (χ0n) is 10.1. The molecular formula is C12H23NO3. The molecule has 0 aliphatic heterocycles.